The molecular formula is C18H22N4O3. The number of carbonyl (C=O) groups excluding carboxylic acids is 2. The number of nitrogens with one attached hydrogen (secondary N) is 1. The zero-order valence-electron chi connectivity index (χ0n) is 14.3. The average molecular weight is 342 g/mol. The molecule has 2 amide bonds. The summed E-state index contributed by atoms with van der Waals surface area (Å²) in [6, 6.07) is 7.54. The maximum Gasteiger partial charge on any atom is 0.410 e. The Morgan fingerprint density at radius 2 is 2.04 bits per heavy atom. The van der Waals surface area contributed by atoms with Crippen LogP contribution >= 0.6 is 0 Å². The number of aromatic nitrogens is 2. The van der Waals surface area contributed by atoms with E-state index in [4.69, 9.17) is 4.74 Å². The average Bonchev–Trinajstić information content (AvgIpc) is 3.03. The van der Waals surface area contributed by atoms with Crippen LogP contribution in [0, 0.1) is 0 Å². The minimum absolute atomic E-state index is 0.0254. The molecule has 2 aliphatic rings. The first kappa shape index (κ1) is 15.9. The van der Waals surface area contributed by atoms with E-state index in [1.165, 1.54) is 7.11 Å². The molecule has 7 nitrogen and oxygen atoms in total. The minimum Gasteiger partial charge on any atom is -0.453 e. The molecule has 4 rings (SSSR count). The van der Waals surface area contributed by atoms with Gasteiger partial charge < -0.3 is 14.6 Å². The molecule has 0 unspecified atom stereocenters. The van der Waals surface area contributed by atoms with Gasteiger partial charge in [0.05, 0.1) is 24.1 Å². The fourth-order valence-corrected chi connectivity index (χ4v) is 3.73. The third-order valence-corrected chi connectivity index (χ3v) is 5.18. The standard InChI is InChI=1S/C18H22N4O3/c1-25-18(24)22-9-5-4-8-15(22)17(23)21-10-12(11-21)16-19-13-6-2-3-7-14(13)20-16/h2-3,6-7,12,15H,4-5,8-11H2,1H3,(H,19,20)/t15-/m0/s1. The lowest BCUT2D eigenvalue weighted by molar-refractivity contribution is -0.142. The lowest BCUT2D eigenvalue weighted by Crippen LogP contribution is -2.58. The molecule has 1 aromatic heterocycles. The molecule has 2 aliphatic heterocycles. The Labute approximate surface area is 146 Å². The molecule has 0 aliphatic carbocycles. The lowest BCUT2D eigenvalue weighted by atomic mass is 9.95. The topological polar surface area (TPSA) is 78.5 Å². The Kier molecular flexibility index (Phi) is 4.07. The highest BCUT2D eigenvalue weighted by Crippen LogP contribution is 2.29. The third kappa shape index (κ3) is 2.83. The number of methoxy groups -OCH3 is 1. The van der Waals surface area contributed by atoms with E-state index in [9.17, 15) is 9.59 Å². The fourth-order valence-electron chi connectivity index (χ4n) is 3.73. The normalized spacial score (nSPS) is 21.2. The molecule has 2 aromatic rings. The van der Waals surface area contributed by atoms with Crippen LogP contribution in [0.25, 0.3) is 11.0 Å². The first-order valence-corrected chi connectivity index (χ1v) is 8.75. The number of rotatable bonds is 2. The van der Waals surface area contributed by atoms with E-state index in [0.29, 0.717) is 26.1 Å². The van der Waals surface area contributed by atoms with Crippen LogP contribution in [0.5, 0.6) is 0 Å². The number of piperidine rings is 1. The number of aromatic amines is 1. The van der Waals surface area contributed by atoms with Crippen molar-refractivity contribution in [3.8, 4) is 0 Å². The van der Waals surface area contributed by atoms with Crippen LogP contribution in [0.3, 0.4) is 0 Å². The van der Waals surface area contributed by atoms with Gasteiger partial charge in [-0.25, -0.2) is 9.78 Å². The minimum atomic E-state index is -0.410. The number of ether oxygens (including phenoxy) is 1. The van der Waals surface area contributed by atoms with E-state index in [0.717, 1.165) is 29.7 Å². The Morgan fingerprint density at radius 1 is 1.24 bits per heavy atom. The number of carbonyl (C=O) groups is 2. The van der Waals surface area contributed by atoms with Crippen molar-refractivity contribution in [3.63, 3.8) is 0 Å². The molecular weight excluding hydrogens is 320 g/mol. The van der Waals surface area contributed by atoms with Gasteiger partial charge in [0.1, 0.15) is 11.9 Å². The summed E-state index contributed by atoms with van der Waals surface area (Å²) in [6.07, 6.45) is 2.18. The van der Waals surface area contributed by atoms with Crippen molar-refractivity contribution >= 4 is 23.0 Å². The second-order valence-electron chi connectivity index (χ2n) is 6.75. The van der Waals surface area contributed by atoms with Crippen molar-refractivity contribution in [1.82, 2.24) is 19.8 Å². The zero-order chi connectivity index (χ0) is 17.4. The van der Waals surface area contributed by atoms with Gasteiger partial charge in [-0.05, 0) is 31.4 Å². The van der Waals surface area contributed by atoms with Crippen LogP contribution in [0.15, 0.2) is 24.3 Å². The summed E-state index contributed by atoms with van der Waals surface area (Å²) in [6.45, 7) is 1.87. The van der Waals surface area contributed by atoms with Gasteiger partial charge in [-0.3, -0.25) is 9.69 Å². The number of benzene rings is 1. The number of para-hydroxylation sites is 2. The maximum atomic E-state index is 12.8. The molecule has 7 heteroatoms. The highest BCUT2D eigenvalue weighted by Gasteiger charge is 2.41. The van der Waals surface area contributed by atoms with E-state index < -0.39 is 12.1 Å². The largest absolute Gasteiger partial charge is 0.453 e. The van der Waals surface area contributed by atoms with Gasteiger partial charge in [0, 0.05) is 19.6 Å². The van der Waals surface area contributed by atoms with Crippen molar-refractivity contribution in [2.45, 2.75) is 31.2 Å². The molecule has 2 saturated heterocycles. The van der Waals surface area contributed by atoms with Crippen molar-refractivity contribution in [2.75, 3.05) is 26.7 Å². The second kappa shape index (κ2) is 6.38. The molecule has 0 bridgehead atoms. The van der Waals surface area contributed by atoms with Crippen LogP contribution < -0.4 is 0 Å². The van der Waals surface area contributed by atoms with Gasteiger partial charge in [-0.2, -0.15) is 0 Å². The molecule has 25 heavy (non-hydrogen) atoms. The number of fused-ring (bicyclic) bond motifs is 1. The highest BCUT2D eigenvalue weighted by molar-refractivity contribution is 5.86. The van der Waals surface area contributed by atoms with Gasteiger partial charge in [0.25, 0.3) is 0 Å². The van der Waals surface area contributed by atoms with Crippen molar-refractivity contribution in [3.05, 3.63) is 30.1 Å². The number of amides is 2. The number of nitrogens with zero attached hydrogens (tertiary/aromatic N) is 3. The second-order valence-corrected chi connectivity index (χ2v) is 6.75. The fraction of sp³-hybridized carbons (Fsp3) is 0.500. The molecule has 0 spiro atoms. The molecule has 3 heterocycles. The highest BCUT2D eigenvalue weighted by atomic mass is 16.5. The van der Waals surface area contributed by atoms with E-state index >= 15 is 0 Å². The van der Waals surface area contributed by atoms with E-state index in [-0.39, 0.29) is 11.8 Å². The quantitative estimate of drug-likeness (QED) is 0.907. The molecule has 1 aromatic carbocycles. The number of likely N-dealkylation sites (tertiary alicyclic amines) is 2. The van der Waals surface area contributed by atoms with Crippen LogP contribution in [0.1, 0.15) is 31.0 Å². The lowest BCUT2D eigenvalue weighted by Gasteiger charge is -2.43. The van der Waals surface area contributed by atoms with Crippen molar-refractivity contribution in [2.24, 2.45) is 0 Å². The molecule has 2 fully saturated rings. The van der Waals surface area contributed by atoms with E-state index in [1.54, 1.807) is 4.90 Å². The van der Waals surface area contributed by atoms with Gasteiger partial charge in [0.2, 0.25) is 5.91 Å². The first-order chi connectivity index (χ1) is 12.2. The number of hydrogen-bond acceptors (Lipinski definition) is 4. The number of imidazole rings is 1. The Hall–Kier alpha value is -2.57. The smallest absolute Gasteiger partial charge is 0.410 e. The van der Waals surface area contributed by atoms with E-state index in [2.05, 4.69) is 9.97 Å². The summed E-state index contributed by atoms with van der Waals surface area (Å²) >= 11 is 0. The van der Waals surface area contributed by atoms with Gasteiger partial charge in [-0.15, -0.1) is 0 Å². The zero-order valence-corrected chi connectivity index (χ0v) is 14.3. The monoisotopic (exact) mass is 342 g/mol. The predicted molar refractivity (Wildman–Crippen MR) is 92.2 cm³/mol. The summed E-state index contributed by atoms with van der Waals surface area (Å²) in [4.78, 5) is 36.1. The molecule has 132 valence electrons. The first-order valence-electron chi connectivity index (χ1n) is 8.75. The summed E-state index contributed by atoms with van der Waals surface area (Å²) in [5.74, 6) is 1.18. The molecule has 1 N–H and O–H groups in total. The SMILES string of the molecule is COC(=O)N1CCCC[C@H]1C(=O)N1CC(c2nc3ccccc3[nH]2)C1. The van der Waals surface area contributed by atoms with Crippen molar-refractivity contribution < 1.29 is 14.3 Å². The third-order valence-electron chi connectivity index (χ3n) is 5.18. The summed E-state index contributed by atoms with van der Waals surface area (Å²) in [5, 5.41) is 0. The number of H-pyrrole nitrogens is 1. The number of hydrogen-bond donors (Lipinski definition) is 1. The summed E-state index contributed by atoms with van der Waals surface area (Å²) < 4.78 is 4.83. The summed E-state index contributed by atoms with van der Waals surface area (Å²) in [5.41, 5.74) is 1.97. The molecule has 0 saturated carbocycles. The van der Waals surface area contributed by atoms with Crippen LogP contribution in [0.4, 0.5) is 4.79 Å². The van der Waals surface area contributed by atoms with Crippen LogP contribution in [-0.2, 0) is 9.53 Å². The Bertz CT molecular complexity index is 763. The van der Waals surface area contributed by atoms with Gasteiger partial charge >= 0.3 is 6.09 Å². The Balaban J connectivity index is 1.42. The maximum absolute atomic E-state index is 12.8. The van der Waals surface area contributed by atoms with E-state index in [1.807, 2.05) is 29.2 Å². The van der Waals surface area contributed by atoms with Crippen LogP contribution in [-0.4, -0.2) is 64.6 Å². The Morgan fingerprint density at radius 3 is 2.80 bits per heavy atom. The summed E-state index contributed by atoms with van der Waals surface area (Å²) in [7, 11) is 1.36. The predicted octanol–water partition coefficient (Wildman–Crippen LogP) is 2.11. The molecule has 0 radical (unpaired) electrons. The van der Waals surface area contributed by atoms with Crippen LogP contribution in [0.2, 0.25) is 0 Å². The van der Waals surface area contributed by atoms with Gasteiger partial charge in [-0.1, -0.05) is 12.1 Å². The molecule has 1 atom stereocenters. The van der Waals surface area contributed by atoms with Crippen molar-refractivity contribution in [1.29, 1.82) is 0 Å². The van der Waals surface area contributed by atoms with Gasteiger partial charge in [0.15, 0.2) is 0 Å².